The molecule has 0 radical (unpaired) electrons. The molecular weight excluding hydrogens is 265 g/mol. The van der Waals surface area contributed by atoms with E-state index in [0.29, 0.717) is 18.9 Å². The second kappa shape index (κ2) is 9.49. The minimum atomic E-state index is -4.22. The van der Waals surface area contributed by atoms with Gasteiger partial charge in [-0.25, -0.2) is 0 Å². The lowest BCUT2D eigenvalue weighted by Crippen LogP contribution is -2.27. The normalized spacial score (nSPS) is 13.4. The molecule has 0 aromatic heterocycles. The third kappa shape index (κ3) is 10.7. The molecule has 1 amide bonds. The fraction of sp³-hybridized carbons (Fsp3) is 0.909. The van der Waals surface area contributed by atoms with Gasteiger partial charge in [-0.2, -0.15) is 13.2 Å². The SMILES string of the molecule is CCC(CCN)CCC(=O)NCCSC(F)(F)F. The summed E-state index contributed by atoms with van der Waals surface area (Å²) in [6.07, 6.45) is 2.95. The van der Waals surface area contributed by atoms with Crippen molar-refractivity contribution in [1.82, 2.24) is 5.32 Å². The van der Waals surface area contributed by atoms with Crippen molar-refractivity contribution in [2.75, 3.05) is 18.8 Å². The largest absolute Gasteiger partial charge is 0.441 e. The minimum absolute atomic E-state index is 0.0523. The third-order valence-corrected chi connectivity index (χ3v) is 3.36. The van der Waals surface area contributed by atoms with Crippen molar-refractivity contribution >= 4 is 17.7 Å². The number of nitrogens with one attached hydrogen (secondary N) is 1. The predicted molar refractivity (Wildman–Crippen MR) is 68.2 cm³/mol. The number of nitrogens with two attached hydrogens (primary N) is 1. The van der Waals surface area contributed by atoms with Crippen LogP contribution in [0.2, 0.25) is 0 Å². The number of carbonyl (C=O) groups excluding carboxylic acids is 1. The predicted octanol–water partition coefficient (Wildman–Crippen LogP) is 2.51. The van der Waals surface area contributed by atoms with Crippen LogP contribution in [0, 0.1) is 5.92 Å². The summed E-state index contributed by atoms with van der Waals surface area (Å²) in [5.74, 6) is 0.0912. The lowest BCUT2D eigenvalue weighted by molar-refractivity contribution is -0.121. The Balaban J connectivity index is 3.59. The number of hydrogen-bond acceptors (Lipinski definition) is 3. The highest BCUT2D eigenvalue weighted by atomic mass is 32.2. The van der Waals surface area contributed by atoms with E-state index in [4.69, 9.17) is 5.73 Å². The Morgan fingerprint density at radius 3 is 2.56 bits per heavy atom. The van der Waals surface area contributed by atoms with E-state index >= 15 is 0 Å². The van der Waals surface area contributed by atoms with Crippen LogP contribution in [0.5, 0.6) is 0 Å². The molecule has 0 heterocycles. The molecule has 0 saturated carbocycles. The van der Waals surface area contributed by atoms with Crippen LogP contribution in [0.25, 0.3) is 0 Å². The maximum atomic E-state index is 11.8. The molecule has 3 N–H and O–H groups in total. The highest BCUT2D eigenvalue weighted by Crippen LogP contribution is 2.29. The Kier molecular flexibility index (Phi) is 9.27. The van der Waals surface area contributed by atoms with Gasteiger partial charge in [0.05, 0.1) is 0 Å². The zero-order chi connectivity index (χ0) is 14.0. The van der Waals surface area contributed by atoms with Crippen molar-refractivity contribution in [3.8, 4) is 0 Å². The van der Waals surface area contributed by atoms with Gasteiger partial charge in [-0.1, -0.05) is 13.3 Å². The first-order chi connectivity index (χ1) is 8.39. The highest BCUT2D eigenvalue weighted by Gasteiger charge is 2.27. The van der Waals surface area contributed by atoms with E-state index in [1.807, 2.05) is 6.92 Å². The smallest absolute Gasteiger partial charge is 0.355 e. The molecule has 18 heavy (non-hydrogen) atoms. The molecule has 0 fully saturated rings. The van der Waals surface area contributed by atoms with E-state index in [9.17, 15) is 18.0 Å². The molecule has 1 atom stereocenters. The average molecular weight is 286 g/mol. The zero-order valence-corrected chi connectivity index (χ0v) is 11.4. The van der Waals surface area contributed by atoms with Crippen LogP contribution in [0.4, 0.5) is 13.2 Å². The first kappa shape index (κ1) is 17.6. The zero-order valence-electron chi connectivity index (χ0n) is 10.6. The summed E-state index contributed by atoms with van der Waals surface area (Å²) >= 11 is -0.119. The molecular formula is C11H21F3N2OS. The van der Waals surface area contributed by atoms with E-state index in [1.165, 1.54) is 0 Å². The topological polar surface area (TPSA) is 55.1 Å². The van der Waals surface area contributed by atoms with Crippen LogP contribution in [0.15, 0.2) is 0 Å². The van der Waals surface area contributed by atoms with Crippen molar-refractivity contribution in [2.24, 2.45) is 11.7 Å². The molecule has 0 aliphatic heterocycles. The number of thioether (sulfide) groups is 1. The van der Waals surface area contributed by atoms with Gasteiger partial charge in [-0.15, -0.1) is 0 Å². The van der Waals surface area contributed by atoms with Crippen LogP contribution in [-0.4, -0.2) is 30.3 Å². The molecule has 0 aromatic rings. The summed E-state index contributed by atoms with van der Waals surface area (Å²) in [7, 11) is 0. The molecule has 1 unspecified atom stereocenters. The minimum Gasteiger partial charge on any atom is -0.355 e. The van der Waals surface area contributed by atoms with E-state index in [0.717, 1.165) is 19.3 Å². The van der Waals surface area contributed by atoms with Crippen LogP contribution < -0.4 is 11.1 Å². The maximum absolute atomic E-state index is 11.8. The number of carbonyl (C=O) groups is 1. The molecule has 0 rings (SSSR count). The second-order valence-electron chi connectivity index (χ2n) is 4.03. The quantitative estimate of drug-likeness (QED) is 0.640. The van der Waals surface area contributed by atoms with E-state index < -0.39 is 5.51 Å². The second-order valence-corrected chi connectivity index (χ2v) is 5.19. The number of hydrogen-bond donors (Lipinski definition) is 2. The van der Waals surface area contributed by atoms with Crippen LogP contribution in [0.3, 0.4) is 0 Å². The Hall–Kier alpha value is -0.430. The van der Waals surface area contributed by atoms with E-state index in [2.05, 4.69) is 5.32 Å². The fourth-order valence-corrected chi connectivity index (χ4v) is 2.00. The fourth-order valence-electron chi connectivity index (χ4n) is 1.57. The van der Waals surface area contributed by atoms with Gasteiger partial charge >= 0.3 is 5.51 Å². The van der Waals surface area contributed by atoms with Gasteiger partial charge in [0.2, 0.25) is 5.91 Å². The Morgan fingerprint density at radius 1 is 1.39 bits per heavy atom. The number of rotatable bonds is 9. The monoisotopic (exact) mass is 286 g/mol. The Morgan fingerprint density at radius 2 is 2.06 bits per heavy atom. The van der Waals surface area contributed by atoms with Crippen molar-refractivity contribution in [3.63, 3.8) is 0 Å². The lowest BCUT2D eigenvalue weighted by atomic mass is 9.96. The third-order valence-electron chi connectivity index (χ3n) is 2.62. The van der Waals surface area contributed by atoms with Gasteiger partial charge in [0.15, 0.2) is 0 Å². The number of halogens is 3. The Bertz CT molecular complexity index is 237. The van der Waals surface area contributed by atoms with Crippen molar-refractivity contribution in [2.45, 2.75) is 38.1 Å². The standard InChI is InChI=1S/C11H21F3N2OS/c1-2-9(5-6-15)3-4-10(17)16-7-8-18-11(12,13)14/h9H,2-8,15H2,1H3,(H,16,17). The van der Waals surface area contributed by atoms with Crippen LogP contribution in [0.1, 0.15) is 32.6 Å². The van der Waals surface area contributed by atoms with E-state index in [-0.39, 0.29) is 30.0 Å². The molecule has 0 aliphatic rings. The Labute approximate surface area is 110 Å². The first-order valence-corrected chi connectivity index (χ1v) is 7.05. The summed E-state index contributed by atoms with van der Waals surface area (Å²) in [4.78, 5) is 11.4. The molecule has 3 nitrogen and oxygen atoms in total. The van der Waals surface area contributed by atoms with Gasteiger partial charge in [0.25, 0.3) is 0 Å². The number of amides is 1. The van der Waals surface area contributed by atoms with E-state index in [1.54, 1.807) is 0 Å². The molecule has 108 valence electrons. The lowest BCUT2D eigenvalue weighted by Gasteiger charge is -2.13. The number of alkyl halides is 3. The summed E-state index contributed by atoms with van der Waals surface area (Å²) in [6, 6.07) is 0. The van der Waals surface area contributed by atoms with Gasteiger partial charge in [0, 0.05) is 18.7 Å². The molecule has 7 heteroatoms. The summed E-state index contributed by atoms with van der Waals surface area (Å²) in [5.41, 5.74) is 1.22. The maximum Gasteiger partial charge on any atom is 0.441 e. The van der Waals surface area contributed by atoms with Crippen molar-refractivity contribution in [3.05, 3.63) is 0 Å². The highest BCUT2D eigenvalue weighted by molar-refractivity contribution is 8.00. The van der Waals surface area contributed by atoms with Crippen LogP contribution >= 0.6 is 11.8 Å². The average Bonchev–Trinajstić information content (AvgIpc) is 2.29. The first-order valence-electron chi connectivity index (χ1n) is 6.06. The van der Waals surface area contributed by atoms with Gasteiger partial charge in [-0.3, -0.25) is 4.79 Å². The van der Waals surface area contributed by atoms with Gasteiger partial charge in [-0.05, 0) is 37.1 Å². The van der Waals surface area contributed by atoms with Crippen molar-refractivity contribution < 1.29 is 18.0 Å². The summed E-state index contributed by atoms with van der Waals surface area (Å²) in [6.45, 7) is 2.69. The summed E-state index contributed by atoms with van der Waals surface area (Å²) < 4.78 is 35.4. The van der Waals surface area contributed by atoms with Crippen molar-refractivity contribution in [1.29, 1.82) is 0 Å². The molecule has 0 spiro atoms. The molecule has 0 bridgehead atoms. The molecule has 0 aliphatic carbocycles. The molecule has 0 aromatic carbocycles. The summed E-state index contributed by atoms with van der Waals surface area (Å²) in [5, 5.41) is 2.49. The van der Waals surface area contributed by atoms with Crippen LogP contribution in [-0.2, 0) is 4.79 Å². The van der Waals surface area contributed by atoms with Gasteiger partial charge in [0.1, 0.15) is 0 Å². The molecule has 0 saturated heterocycles. The van der Waals surface area contributed by atoms with Gasteiger partial charge < -0.3 is 11.1 Å².